The Morgan fingerprint density at radius 1 is 1.33 bits per heavy atom. The van der Waals surface area contributed by atoms with Crippen molar-refractivity contribution >= 4 is 28.9 Å². The Labute approximate surface area is 112 Å². The first-order valence-electron chi connectivity index (χ1n) is 6.12. The minimum atomic E-state index is -0.165. The second-order valence-corrected chi connectivity index (χ2v) is 4.96. The number of hydrogen-bond donors (Lipinski definition) is 3. The van der Waals surface area contributed by atoms with Crippen molar-refractivity contribution in [2.45, 2.75) is 31.7 Å². The van der Waals surface area contributed by atoms with E-state index in [0.717, 1.165) is 18.4 Å². The number of carbonyl (C=O) groups excluding carboxylic acids is 1. The lowest BCUT2D eigenvalue weighted by molar-refractivity contribution is 0.248. The van der Waals surface area contributed by atoms with Crippen LogP contribution in [0.3, 0.4) is 0 Å². The first-order chi connectivity index (χ1) is 8.65. The van der Waals surface area contributed by atoms with Crippen LogP contribution in [0.15, 0.2) is 24.3 Å². The molecule has 0 radical (unpaired) electrons. The molecule has 0 atom stereocenters. The van der Waals surface area contributed by atoms with Gasteiger partial charge in [0, 0.05) is 17.3 Å². The molecule has 1 fully saturated rings. The summed E-state index contributed by atoms with van der Waals surface area (Å²) in [5.74, 6) is 0. The molecule has 96 valence electrons. The van der Waals surface area contributed by atoms with Crippen LogP contribution in [0.4, 0.5) is 10.5 Å². The molecule has 0 heterocycles. The summed E-state index contributed by atoms with van der Waals surface area (Å²) in [4.78, 5) is 12.1. The number of urea groups is 1. The number of thiocarbonyl (C=S) groups is 1. The zero-order valence-electron chi connectivity index (χ0n) is 10.1. The highest BCUT2D eigenvalue weighted by Gasteiger charge is 2.16. The minimum absolute atomic E-state index is 0.165. The molecule has 1 aromatic rings. The zero-order valence-corrected chi connectivity index (χ0v) is 10.9. The van der Waals surface area contributed by atoms with Crippen LogP contribution in [0, 0.1) is 0 Å². The monoisotopic (exact) mass is 263 g/mol. The lowest BCUT2D eigenvalue weighted by atomic mass is 10.2. The maximum Gasteiger partial charge on any atom is 0.319 e. The van der Waals surface area contributed by atoms with Gasteiger partial charge in [-0.3, -0.25) is 0 Å². The molecule has 0 bridgehead atoms. The summed E-state index contributed by atoms with van der Waals surface area (Å²) < 4.78 is 0. The van der Waals surface area contributed by atoms with E-state index in [4.69, 9.17) is 18.0 Å². The molecule has 0 aromatic heterocycles. The number of rotatable bonds is 3. The fourth-order valence-electron chi connectivity index (χ4n) is 2.17. The van der Waals surface area contributed by atoms with Crippen LogP contribution >= 0.6 is 12.2 Å². The van der Waals surface area contributed by atoms with Crippen LogP contribution in [0.5, 0.6) is 0 Å². The molecule has 18 heavy (non-hydrogen) atoms. The standard InChI is InChI=1S/C13H17N3OS/c14-12(18)9-4-3-7-11(8-9)16-13(17)15-10-5-1-2-6-10/h3-4,7-8,10H,1-2,5-6H2,(H2,14,18)(H2,15,16,17). The molecule has 1 aromatic carbocycles. The van der Waals surface area contributed by atoms with Crippen molar-refractivity contribution in [1.29, 1.82) is 0 Å². The van der Waals surface area contributed by atoms with Crippen molar-refractivity contribution in [3.05, 3.63) is 29.8 Å². The Kier molecular flexibility index (Phi) is 4.15. The van der Waals surface area contributed by atoms with Crippen molar-refractivity contribution in [3.63, 3.8) is 0 Å². The maximum atomic E-state index is 11.8. The van der Waals surface area contributed by atoms with Gasteiger partial charge < -0.3 is 16.4 Å². The van der Waals surface area contributed by atoms with Gasteiger partial charge in [-0.15, -0.1) is 0 Å². The summed E-state index contributed by atoms with van der Waals surface area (Å²) in [7, 11) is 0. The molecule has 4 N–H and O–H groups in total. The van der Waals surface area contributed by atoms with E-state index in [2.05, 4.69) is 10.6 Å². The first-order valence-corrected chi connectivity index (χ1v) is 6.53. The molecule has 1 saturated carbocycles. The fourth-order valence-corrected chi connectivity index (χ4v) is 2.30. The predicted octanol–water partition coefficient (Wildman–Crippen LogP) is 2.38. The summed E-state index contributed by atoms with van der Waals surface area (Å²) in [6, 6.07) is 7.37. The fraction of sp³-hybridized carbons (Fsp3) is 0.385. The molecule has 1 aliphatic carbocycles. The number of carbonyl (C=O) groups is 1. The van der Waals surface area contributed by atoms with Crippen LogP contribution in [0.1, 0.15) is 31.2 Å². The molecular weight excluding hydrogens is 246 g/mol. The number of benzene rings is 1. The largest absolute Gasteiger partial charge is 0.389 e. The highest BCUT2D eigenvalue weighted by molar-refractivity contribution is 7.80. The highest BCUT2D eigenvalue weighted by Crippen LogP contribution is 2.18. The molecule has 0 aliphatic heterocycles. The van der Waals surface area contributed by atoms with E-state index in [1.165, 1.54) is 12.8 Å². The summed E-state index contributed by atoms with van der Waals surface area (Å²) in [6.45, 7) is 0. The lowest BCUT2D eigenvalue weighted by Gasteiger charge is -2.13. The van der Waals surface area contributed by atoms with Crippen molar-refractivity contribution in [3.8, 4) is 0 Å². The van der Waals surface area contributed by atoms with Gasteiger partial charge in [0.15, 0.2) is 0 Å². The third kappa shape index (κ3) is 3.43. The minimum Gasteiger partial charge on any atom is -0.389 e. The van der Waals surface area contributed by atoms with Gasteiger partial charge in [0.05, 0.1) is 0 Å². The Morgan fingerprint density at radius 2 is 2.06 bits per heavy atom. The van der Waals surface area contributed by atoms with Crippen molar-refractivity contribution < 1.29 is 4.79 Å². The smallest absolute Gasteiger partial charge is 0.319 e. The average molecular weight is 263 g/mol. The molecule has 2 amide bonds. The van der Waals surface area contributed by atoms with E-state index < -0.39 is 0 Å². The van der Waals surface area contributed by atoms with Crippen LogP contribution in [0.2, 0.25) is 0 Å². The van der Waals surface area contributed by atoms with E-state index in [-0.39, 0.29) is 6.03 Å². The number of amides is 2. The summed E-state index contributed by atoms with van der Waals surface area (Å²) in [6.07, 6.45) is 4.53. The molecule has 0 spiro atoms. The van der Waals surface area contributed by atoms with Gasteiger partial charge in [-0.05, 0) is 25.0 Å². The summed E-state index contributed by atoms with van der Waals surface area (Å²) >= 11 is 4.90. The Balaban J connectivity index is 1.93. The third-order valence-electron chi connectivity index (χ3n) is 3.10. The Bertz CT molecular complexity index is 455. The third-order valence-corrected chi connectivity index (χ3v) is 3.33. The van der Waals surface area contributed by atoms with Gasteiger partial charge >= 0.3 is 6.03 Å². The molecule has 1 aliphatic rings. The topological polar surface area (TPSA) is 67.1 Å². The van der Waals surface area contributed by atoms with Crippen molar-refractivity contribution in [1.82, 2.24) is 5.32 Å². The number of anilines is 1. The van der Waals surface area contributed by atoms with Gasteiger partial charge in [0.25, 0.3) is 0 Å². The van der Waals surface area contributed by atoms with Crippen LogP contribution in [0.25, 0.3) is 0 Å². The zero-order chi connectivity index (χ0) is 13.0. The Morgan fingerprint density at radius 3 is 2.72 bits per heavy atom. The molecule has 0 unspecified atom stereocenters. The van der Waals surface area contributed by atoms with Gasteiger partial charge in [-0.25, -0.2) is 4.79 Å². The van der Waals surface area contributed by atoms with Crippen molar-refractivity contribution in [2.75, 3.05) is 5.32 Å². The SMILES string of the molecule is NC(=S)c1cccc(NC(=O)NC2CCCC2)c1. The molecular formula is C13H17N3OS. The highest BCUT2D eigenvalue weighted by atomic mass is 32.1. The van der Waals surface area contributed by atoms with Crippen molar-refractivity contribution in [2.24, 2.45) is 5.73 Å². The molecule has 5 heteroatoms. The average Bonchev–Trinajstić information content (AvgIpc) is 2.82. The van der Waals surface area contributed by atoms with E-state index in [1.54, 1.807) is 6.07 Å². The van der Waals surface area contributed by atoms with Gasteiger partial charge in [-0.1, -0.05) is 37.2 Å². The first kappa shape index (κ1) is 12.8. The second kappa shape index (κ2) is 5.82. The van der Waals surface area contributed by atoms with Gasteiger partial charge in [-0.2, -0.15) is 0 Å². The second-order valence-electron chi connectivity index (χ2n) is 4.52. The van der Waals surface area contributed by atoms with E-state index >= 15 is 0 Å². The number of hydrogen-bond acceptors (Lipinski definition) is 2. The summed E-state index contributed by atoms with van der Waals surface area (Å²) in [5, 5.41) is 5.76. The number of nitrogens with one attached hydrogen (secondary N) is 2. The normalized spacial score (nSPS) is 15.3. The van der Waals surface area contributed by atoms with Crippen LogP contribution in [-0.4, -0.2) is 17.1 Å². The molecule has 0 saturated heterocycles. The van der Waals surface area contributed by atoms with Crippen LogP contribution < -0.4 is 16.4 Å². The van der Waals surface area contributed by atoms with Gasteiger partial charge in [0.2, 0.25) is 0 Å². The Hall–Kier alpha value is -1.62. The van der Waals surface area contributed by atoms with E-state index in [9.17, 15) is 4.79 Å². The lowest BCUT2D eigenvalue weighted by Crippen LogP contribution is -2.36. The van der Waals surface area contributed by atoms with Crippen LogP contribution in [-0.2, 0) is 0 Å². The van der Waals surface area contributed by atoms with E-state index in [1.807, 2.05) is 18.2 Å². The number of nitrogens with two attached hydrogens (primary N) is 1. The van der Waals surface area contributed by atoms with E-state index in [0.29, 0.717) is 16.7 Å². The quantitative estimate of drug-likeness (QED) is 0.733. The molecule has 2 rings (SSSR count). The molecule has 4 nitrogen and oxygen atoms in total. The summed E-state index contributed by atoms with van der Waals surface area (Å²) in [5.41, 5.74) is 7.01. The predicted molar refractivity (Wildman–Crippen MR) is 76.7 cm³/mol. The maximum absolute atomic E-state index is 11.8. The van der Waals surface area contributed by atoms with Gasteiger partial charge in [0.1, 0.15) is 4.99 Å².